The van der Waals surface area contributed by atoms with Crippen molar-refractivity contribution in [3.05, 3.63) is 29.8 Å². The molecule has 0 aromatic heterocycles. The third-order valence-corrected chi connectivity index (χ3v) is 3.43. The van der Waals surface area contributed by atoms with Crippen LogP contribution in [0.1, 0.15) is 32.3 Å². The highest BCUT2D eigenvalue weighted by Crippen LogP contribution is 2.22. The van der Waals surface area contributed by atoms with E-state index < -0.39 is 0 Å². The van der Waals surface area contributed by atoms with E-state index in [1.807, 2.05) is 45.0 Å². The zero-order valence-corrected chi connectivity index (χ0v) is 12.3. The summed E-state index contributed by atoms with van der Waals surface area (Å²) in [6, 6.07) is 7.81. The SMILES string of the molecule is Cc1ccc(N2CC(NC(=O)CC(C)C)CC2=O)cc1. The number of nitrogens with one attached hydrogen (secondary N) is 1. The lowest BCUT2D eigenvalue weighted by molar-refractivity contribution is -0.122. The van der Waals surface area contributed by atoms with Crippen molar-refractivity contribution in [1.29, 1.82) is 0 Å². The monoisotopic (exact) mass is 274 g/mol. The van der Waals surface area contributed by atoms with Crippen molar-refractivity contribution in [2.45, 2.75) is 39.7 Å². The van der Waals surface area contributed by atoms with Crippen molar-refractivity contribution in [3.63, 3.8) is 0 Å². The fourth-order valence-corrected chi connectivity index (χ4v) is 2.44. The van der Waals surface area contributed by atoms with Crippen LogP contribution >= 0.6 is 0 Å². The van der Waals surface area contributed by atoms with Gasteiger partial charge in [0.1, 0.15) is 0 Å². The Kier molecular flexibility index (Phi) is 4.42. The van der Waals surface area contributed by atoms with Crippen LogP contribution in [0.2, 0.25) is 0 Å². The predicted octanol–water partition coefficient (Wildman–Crippen LogP) is 2.26. The first-order valence-electron chi connectivity index (χ1n) is 7.12. The average Bonchev–Trinajstić information content (AvgIpc) is 2.70. The van der Waals surface area contributed by atoms with Crippen molar-refractivity contribution in [2.24, 2.45) is 5.92 Å². The highest BCUT2D eigenvalue weighted by atomic mass is 16.2. The van der Waals surface area contributed by atoms with Crippen LogP contribution in [-0.4, -0.2) is 24.4 Å². The number of benzene rings is 1. The summed E-state index contributed by atoms with van der Waals surface area (Å²) in [6.45, 7) is 6.60. The van der Waals surface area contributed by atoms with Crippen LogP contribution in [0.25, 0.3) is 0 Å². The van der Waals surface area contributed by atoms with Gasteiger partial charge >= 0.3 is 0 Å². The molecule has 1 heterocycles. The van der Waals surface area contributed by atoms with E-state index >= 15 is 0 Å². The van der Waals surface area contributed by atoms with E-state index in [-0.39, 0.29) is 17.9 Å². The molecule has 2 amide bonds. The minimum absolute atomic E-state index is 0.0311. The number of aryl methyl sites for hydroxylation is 1. The molecule has 4 nitrogen and oxygen atoms in total. The van der Waals surface area contributed by atoms with E-state index in [2.05, 4.69) is 5.32 Å². The molecule has 1 atom stereocenters. The molecule has 0 aliphatic carbocycles. The Balaban J connectivity index is 1.97. The van der Waals surface area contributed by atoms with Crippen LogP contribution < -0.4 is 10.2 Å². The number of hydrogen-bond acceptors (Lipinski definition) is 2. The molecule has 1 aromatic carbocycles. The first-order chi connectivity index (χ1) is 9.45. The molecule has 2 rings (SSSR count). The third kappa shape index (κ3) is 3.59. The molecule has 0 spiro atoms. The lowest BCUT2D eigenvalue weighted by Gasteiger charge is -2.17. The van der Waals surface area contributed by atoms with Gasteiger partial charge in [0.2, 0.25) is 11.8 Å². The van der Waals surface area contributed by atoms with Gasteiger partial charge in [0.15, 0.2) is 0 Å². The van der Waals surface area contributed by atoms with Gasteiger partial charge in [0.25, 0.3) is 0 Å². The molecule has 1 fully saturated rings. The molecule has 0 saturated carbocycles. The number of anilines is 1. The predicted molar refractivity (Wildman–Crippen MR) is 79.5 cm³/mol. The van der Waals surface area contributed by atoms with Crippen LogP contribution in [0.5, 0.6) is 0 Å². The summed E-state index contributed by atoms with van der Waals surface area (Å²) in [5.74, 6) is 0.438. The number of carbonyl (C=O) groups excluding carboxylic acids is 2. The average molecular weight is 274 g/mol. The smallest absolute Gasteiger partial charge is 0.229 e. The number of carbonyl (C=O) groups is 2. The maximum absolute atomic E-state index is 12.0. The van der Waals surface area contributed by atoms with Crippen LogP contribution in [-0.2, 0) is 9.59 Å². The molecule has 0 radical (unpaired) electrons. The minimum atomic E-state index is -0.0740. The van der Waals surface area contributed by atoms with Gasteiger partial charge in [-0.1, -0.05) is 31.5 Å². The highest BCUT2D eigenvalue weighted by Gasteiger charge is 2.31. The molecule has 1 saturated heterocycles. The Morgan fingerprint density at radius 3 is 2.60 bits per heavy atom. The van der Waals surface area contributed by atoms with Gasteiger partial charge in [-0.05, 0) is 25.0 Å². The van der Waals surface area contributed by atoms with Gasteiger partial charge in [-0.2, -0.15) is 0 Å². The van der Waals surface area contributed by atoms with Crippen molar-refractivity contribution in [2.75, 3.05) is 11.4 Å². The number of amides is 2. The van der Waals surface area contributed by atoms with Gasteiger partial charge < -0.3 is 10.2 Å². The van der Waals surface area contributed by atoms with E-state index in [4.69, 9.17) is 0 Å². The van der Waals surface area contributed by atoms with Gasteiger partial charge in [-0.25, -0.2) is 0 Å². The lowest BCUT2D eigenvalue weighted by Crippen LogP contribution is -2.37. The van der Waals surface area contributed by atoms with E-state index in [0.29, 0.717) is 25.3 Å². The number of nitrogens with zero attached hydrogens (tertiary/aromatic N) is 1. The zero-order chi connectivity index (χ0) is 14.7. The van der Waals surface area contributed by atoms with Gasteiger partial charge in [0.05, 0.1) is 6.04 Å². The minimum Gasteiger partial charge on any atom is -0.351 e. The molecule has 1 N–H and O–H groups in total. The first-order valence-corrected chi connectivity index (χ1v) is 7.12. The van der Waals surface area contributed by atoms with E-state index in [9.17, 15) is 9.59 Å². The van der Waals surface area contributed by atoms with Crippen LogP contribution in [0.4, 0.5) is 5.69 Å². The second kappa shape index (κ2) is 6.07. The Labute approximate surface area is 120 Å². The second-order valence-electron chi connectivity index (χ2n) is 5.91. The highest BCUT2D eigenvalue weighted by molar-refractivity contribution is 5.96. The molecule has 1 aliphatic rings. The van der Waals surface area contributed by atoms with Crippen molar-refractivity contribution < 1.29 is 9.59 Å². The first kappa shape index (κ1) is 14.6. The van der Waals surface area contributed by atoms with Crippen LogP contribution in [0.3, 0.4) is 0 Å². The molecule has 1 unspecified atom stereocenters. The Bertz CT molecular complexity index is 494. The van der Waals surface area contributed by atoms with Crippen LogP contribution in [0.15, 0.2) is 24.3 Å². The summed E-state index contributed by atoms with van der Waals surface area (Å²) in [5.41, 5.74) is 2.07. The molecule has 0 bridgehead atoms. The second-order valence-corrected chi connectivity index (χ2v) is 5.91. The fourth-order valence-electron chi connectivity index (χ4n) is 2.44. The largest absolute Gasteiger partial charge is 0.351 e. The maximum atomic E-state index is 12.0. The van der Waals surface area contributed by atoms with E-state index in [1.54, 1.807) is 4.90 Å². The van der Waals surface area contributed by atoms with Gasteiger partial charge in [-0.15, -0.1) is 0 Å². The summed E-state index contributed by atoms with van der Waals surface area (Å²) in [5, 5.41) is 2.95. The van der Waals surface area contributed by atoms with E-state index in [1.165, 1.54) is 5.56 Å². The summed E-state index contributed by atoms with van der Waals surface area (Å²) in [7, 11) is 0. The fraction of sp³-hybridized carbons (Fsp3) is 0.500. The molecule has 1 aliphatic heterocycles. The van der Waals surface area contributed by atoms with Gasteiger partial charge in [-0.3, -0.25) is 9.59 Å². The molecular formula is C16H22N2O2. The Hall–Kier alpha value is -1.84. The Morgan fingerprint density at radius 2 is 2.00 bits per heavy atom. The summed E-state index contributed by atoms with van der Waals surface area (Å²) in [4.78, 5) is 25.6. The van der Waals surface area contributed by atoms with Gasteiger partial charge in [0, 0.05) is 25.1 Å². The molecule has 20 heavy (non-hydrogen) atoms. The van der Waals surface area contributed by atoms with E-state index in [0.717, 1.165) is 5.69 Å². The normalized spacial score (nSPS) is 18.7. The lowest BCUT2D eigenvalue weighted by atomic mass is 10.1. The molecule has 4 heteroatoms. The number of rotatable bonds is 4. The summed E-state index contributed by atoms with van der Waals surface area (Å²) < 4.78 is 0. The van der Waals surface area contributed by atoms with Crippen LogP contribution in [0, 0.1) is 12.8 Å². The molecule has 108 valence electrons. The number of hydrogen-bond donors (Lipinski definition) is 1. The molecule has 1 aromatic rings. The zero-order valence-electron chi connectivity index (χ0n) is 12.3. The Morgan fingerprint density at radius 1 is 1.35 bits per heavy atom. The summed E-state index contributed by atoms with van der Waals surface area (Å²) in [6.07, 6.45) is 0.896. The topological polar surface area (TPSA) is 49.4 Å². The third-order valence-electron chi connectivity index (χ3n) is 3.43. The molecular weight excluding hydrogens is 252 g/mol. The van der Waals surface area contributed by atoms with Crippen molar-refractivity contribution in [3.8, 4) is 0 Å². The van der Waals surface area contributed by atoms with Crippen molar-refractivity contribution in [1.82, 2.24) is 5.32 Å². The standard InChI is InChI=1S/C16H22N2O2/c1-11(2)8-15(19)17-13-9-16(20)18(10-13)14-6-4-12(3)5-7-14/h4-7,11,13H,8-10H2,1-3H3,(H,17,19). The maximum Gasteiger partial charge on any atom is 0.229 e. The quantitative estimate of drug-likeness (QED) is 0.915. The summed E-state index contributed by atoms with van der Waals surface area (Å²) >= 11 is 0. The van der Waals surface area contributed by atoms with Crippen molar-refractivity contribution >= 4 is 17.5 Å².